The quantitative estimate of drug-likeness (QED) is 0.902. The first-order valence-electron chi connectivity index (χ1n) is 6.34. The molecule has 2 aromatic carbocycles. The second-order valence-corrected chi connectivity index (χ2v) is 5.57. The molecule has 2 nitrogen and oxygen atoms in total. The molecule has 1 amide bonds. The molecule has 2 rings (SSSR count). The van der Waals surface area contributed by atoms with Gasteiger partial charge in [0.05, 0.1) is 0 Å². The van der Waals surface area contributed by atoms with Gasteiger partial charge in [-0.25, -0.2) is 4.39 Å². The van der Waals surface area contributed by atoms with Crippen molar-refractivity contribution in [2.45, 2.75) is 13.3 Å². The Morgan fingerprint density at radius 2 is 2.05 bits per heavy atom. The number of nitrogens with one attached hydrogen (secondary N) is 1. The van der Waals surface area contributed by atoms with Crippen molar-refractivity contribution in [2.75, 3.05) is 6.54 Å². The van der Waals surface area contributed by atoms with Crippen LogP contribution in [0.1, 0.15) is 21.5 Å². The van der Waals surface area contributed by atoms with E-state index >= 15 is 0 Å². The first-order chi connectivity index (χ1) is 9.54. The minimum Gasteiger partial charge on any atom is -0.352 e. The highest BCUT2D eigenvalue weighted by Gasteiger charge is 2.06. The minimum absolute atomic E-state index is 0.120. The molecule has 0 atom stereocenters. The third-order valence-corrected chi connectivity index (χ3v) is 3.35. The fourth-order valence-electron chi connectivity index (χ4n) is 1.98. The van der Waals surface area contributed by atoms with Crippen molar-refractivity contribution in [1.29, 1.82) is 0 Å². The number of aryl methyl sites for hydroxylation is 1. The van der Waals surface area contributed by atoms with Gasteiger partial charge < -0.3 is 5.32 Å². The van der Waals surface area contributed by atoms with Crippen LogP contribution >= 0.6 is 15.9 Å². The highest BCUT2D eigenvalue weighted by atomic mass is 79.9. The molecule has 0 saturated heterocycles. The van der Waals surface area contributed by atoms with Crippen molar-refractivity contribution < 1.29 is 9.18 Å². The molecule has 0 radical (unpaired) electrons. The second-order valence-electron chi connectivity index (χ2n) is 4.65. The molecule has 0 unspecified atom stereocenters. The van der Waals surface area contributed by atoms with E-state index in [0.717, 1.165) is 15.6 Å². The van der Waals surface area contributed by atoms with E-state index in [1.165, 1.54) is 12.1 Å². The summed E-state index contributed by atoms with van der Waals surface area (Å²) >= 11 is 3.37. The molecule has 104 valence electrons. The van der Waals surface area contributed by atoms with Crippen LogP contribution in [0.5, 0.6) is 0 Å². The van der Waals surface area contributed by atoms with E-state index in [0.29, 0.717) is 18.5 Å². The predicted molar refractivity (Wildman–Crippen MR) is 81.3 cm³/mol. The number of carbonyl (C=O) groups excluding carboxylic acids is 1. The molecule has 1 N–H and O–H groups in total. The summed E-state index contributed by atoms with van der Waals surface area (Å²) in [4.78, 5) is 12.0. The molecule has 0 aliphatic rings. The van der Waals surface area contributed by atoms with E-state index in [-0.39, 0.29) is 11.7 Å². The van der Waals surface area contributed by atoms with Gasteiger partial charge in [-0.05, 0) is 54.8 Å². The van der Waals surface area contributed by atoms with Crippen LogP contribution < -0.4 is 5.32 Å². The number of hydrogen-bond donors (Lipinski definition) is 1. The van der Waals surface area contributed by atoms with Crippen molar-refractivity contribution >= 4 is 21.8 Å². The SMILES string of the molecule is Cc1cc(Br)cc(C(=O)NCCc2cccc(F)c2)c1. The van der Waals surface area contributed by atoms with E-state index in [4.69, 9.17) is 0 Å². The van der Waals surface area contributed by atoms with Gasteiger partial charge >= 0.3 is 0 Å². The van der Waals surface area contributed by atoms with E-state index in [1.54, 1.807) is 12.1 Å². The zero-order valence-corrected chi connectivity index (χ0v) is 12.7. The standard InChI is InChI=1S/C16H15BrFNO/c1-11-7-13(10-14(17)8-11)16(20)19-6-5-12-3-2-4-15(18)9-12/h2-4,7-10H,5-6H2,1H3,(H,19,20). The summed E-state index contributed by atoms with van der Waals surface area (Å²) in [5, 5.41) is 2.84. The largest absolute Gasteiger partial charge is 0.352 e. The van der Waals surface area contributed by atoms with Crippen LogP contribution in [-0.2, 0) is 6.42 Å². The lowest BCUT2D eigenvalue weighted by atomic mass is 10.1. The van der Waals surface area contributed by atoms with Crippen LogP contribution in [0.25, 0.3) is 0 Å². The Hall–Kier alpha value is -1.68. The van der Waals surface area contributed by atoms with Crippen molar-refractivity contribution in [2.24, 2.45) is 0 Å². The number of amides is 1. The van der Waals surface area contributed by atoms with Crippen LogP contribution in [0.15, 0.2) is 46.9 Å². The maximum absolute atomic E-state index is 13.0. The molecule has 0 aliphatic heterocycles. The number of rotatable bonds is 4. The summed E-state index contributed by atoms with van der Waals surface area (Å²) in [6.45, 7) is 2.42. The van der Waals surface area contributed by atoms with Gasteiger partial charge in [0.15, 0.2) is 0 Å². The molecule has 0 aliphatic carbocycles. The van der Waals surface area contributed by atoms with Crippen molar-refractivity contribution in [3.63, 3.8) is 0 Å². The van der Waals surface area contributed by atoms with Gasteiger partial charge in [0.1, 0.15) is 5.82 Å². The minimum atomic E-state index is -0.253. The molecule has 0 fully saturated rings. The number of benzene rings is 2. The number of halogens is 2. The Morgan fingerprint density at radius 3 is 2.75 bits per heavy atom. The summed E-state index contributed by atoms with van der Waals surface area (Å²) in [5.41, 5.74) is 2.52. The Labute approximate surface area is 126 Å². The highest BCUT2D eigenvalue weighted by molar-refractivity contribution is 9.10. The summed E-state index contributed by atoms with van der Waals surface area (Å²) in [6.07, 6.45) is 0.608. The van der Waals surface area contributed by atoms with Gasteiger partial charge in [0.25, 0.3) is 5.91 Å². The molecule has 20 heavy (non-hydrogen) atoms. The van der Waals surface area contributed by atoms with Crippen LogP contribution in [-0.4, -0.2) is 12.5 Å². The Kier molecular flexibility index (Phi) is 4.90. The molecule has 0 saturated carbocycles. The number of hydrogen-bond acceptors (Lipinski definition) is 1. The fourth-order valence-corrected chi connectivity index (χ4v) is 2.59. The van der Waals surface area contributed by atoms with Crippen molar-refractivity contribution in [3.8, 4) is 0 Å². The monoisotopic (exact) mass is 335 g/mol. The van der Waals surface area contributed by atoms with Crippen LogP contribution in [0.3, 0.4) is 0 Å². The van der Waals surface area contributed by atoms with E-state index in [2.05, 4.69) is 21.2 Å². The maximum Gasteiger partial charge on any atom is 0.251 e. The Morgan fingerprint density at radius 1 is 1.25 bits per heavy atom. The summed E-state index contributed by atoms with van der Waals surface area (Å²) in [5.74, 6) is -0.373. The van der Waals surface area contributed by atoms with Crippen LogP contribution in [0.2, 0.25) is 0 Å². The lowest BCUT2D eigenvalue weighted by Gasteiger charge is -2.07. The topological polar surface area (TPSA) is 29.1 Å². The molecular formula is C16H15BrFNO. The predicted octanol–water partition coefficient (Wildman–Crippen LogP) is 3.87. The smallest absolute Gasteiger partial charge is 0.251 e. The van der Waals surface area contributed by atoms with Gasteiger partial charge in [0.2, 0.25) is 0 Å². The molecule has 0 aromatic heterocycles. The first kappa shape index (κ1) is 14.7. The van der Waals surface area contributed by atoms with E-state index in [9.17, 15) is 9.18 Å². The summed E-state index contributed by atoms with van der Waals surface area (Å²) in [6, 6.07) is 12.0. The Bertz CT molecular complexity index is 607. The van der Waals surface area contributed by atoms with Crippen LogP contribution in [0.4, 0.5) is 4.39 Å². The van der Waals surface area contributed by atoms with Gasteiger partial charge in [-0.1, -0.05) is 28.1 Å². The van der Waals surface area contributed by atoms with Crippen molar-refractivity contribution in [1.82, 2.24) is 5.32 Å². The van der Waals surface area contributed by atoms with Gasteiger partial charge in [-0.15, -0.1) is 0 Å². The summed E-state index contributed by atoms with van der Waals surface area (Å²) < 4.78 is 13.9. The molecule has 0 spiro atoms. The normalized spacial score (nSPS) is 10.3. The van der Waals surface area contributed by atoms with E-state index < -0.39 is 0 Å². The third kappa shape index (κ3) is 4.17. The van der Waals surface area contributed by atoms with Crippen LogP contribution in [0, 0.1) is 12.7 Å². The highest BCUT2D eigenvalue weighted by Crippen LogP contribution is 2.15. The third-order valence-electron chi connectivity index (χ3n) is 2.89. The van der Waals surface area contributed by atoms with Gasteiger partial charge in [0, 0.05) is 16.6 Å². The maximum atomic E-state index is 13.0. The second kappa shape index (κ2) is 6.66. The molecular weight excluding hydrogens is 321 g/mol. The van der Waals surface area contributed by atoms with Gasteiger partial charge in [-0.2, -0.15) is 0 Å². The Balaban J connectivity index is 1.92. The van der Waals surface area contributed by atoms with Crippen molar-refractivity contribution in [3.05, 3.63) is 69.4 Å². The average molecular weight is 336 g/mol. The summed E-state index contributed by atoms with van der Waals surface area (Å²) in [7, 11) is 0. The van der Waals surface area contributed by atoms with E-state index in [1.807, 2.05) is 25.1 Å². The molecule has 4 heteroatoms. The fraction of sp³-hybridized carbons (Fsp3) is 0.188. The molecule has 0 heterocycles. The zero-order chi connectivity index (χ0) is 14.5. The lowest BCUT2D eigenvalue weighted by Crippen LogP contribution is -2.25. The lowest BCUT2D eigenvalue weighted by molar-refractivity contribution is 0.0954. The zero-order valence-electron chi connectivity index (χ0n) is 11.1. The molecule has 2 aromatic rings. The average Bonchev–Trinajstić information content (AvgIpc) is 2.37. The molecule has 0 bridgehead atoms. The number of carbonyl (C=O) groups is 1. The van der Waals surface area contributed by atoms with Gasteiger partial charge in [-0.3, -0.25) is 4.79 Å². The first-order valence-corrected chi connectivity index (χ1v) is 7.14.